The highest BCUT2D eigenvalue weighted by Crippen LogP contribution is 2.17. The second-order valence-electron chi connectivity index (χ2n) is 7.13. The van der Waals surface area contributed by atoms with Crippen molar-refractivity contribution in [1.82, 2.24) is 9.71 Å². The fourth-order valence-electron chi connectivity index (χ4n) is 2.84. The maximum absolute atomic E-state index is 12.3. The Labute approximate surface area is 197 Å². The highest BCUT2D eigenvalue weighted by molar-refractivity contribution is 7.88. The molecule has 9 heteroatoms. The molecule has 7 nitrogen and oxygen atoms in total. The lowest BCUT2D eigenvalue weighted by Gasteiger charge is -2.07. The number of carbonyl (C=O) groups excluding carboxylic acids is 1. The number of benzene rings is 2. The third kappa shape index (κ3) is 8.30. The zero-order valence-corrected chi connectivity index (χ0v) is 19.8. The molecule has 0 saturated heterocycles. The monoisotopic (exact) mass is 483 g/mol. The van der Waals surface area contributed by atoms with Crippen molar-refractivity contribution in [3.63, 3.8) is 0 Å². The predicted octanol–water partition coefficient (Wildman–Crippen LogP) is 4.29. The number of thiazole rings is 1. The van der Waals surface area contributed by atoms with E-state index < -0.39 is 10.0 Å². The van der Waals surface area contributed by atoms with Crippen molar-refractivity contribution in [3.05, 3.63) is 94.5 Å². The summed E-state index contributed by atoms with van der Waals surface area (Å²) in [6.45, 7) is 6.01. The average Bonchev–Trinajstić information content (AvgIpc) is 3.21. The SMILES string of the molecule is C=CCNS(=O)(=O)Cc1ccc(NC(=O)/C=C/c2cccc(OCc3csc(C)n3)c2)cc1. The minimum Gasteiger partial charge on any atom is -0.487 e. The summed E-state index contributed by atoms with van der Waals surface area (Å²) in [5.41, 5.74) is 2.89. The summed E-state index contributed by atoms with van der Waals surface area (Å²) in [7, 11) is -3.43. The maximum Gasteiger partial charge on any atom is 0.248 e. The minimum atomic E-state index is -3.43. The number of aryl methyl sites for hydroxylation is 1. The summed E-state index contributed by atoms with van der Waals surface area (Å²) >= 11 is 1.58. The van der Waals surface area contributed by atoms with Crippen LogP contribution in [0.5, 0.6) is 5.75 Å². The van der Waals surface area contributed by atoms with Crippen LogP contribution in [-0.2, 0) is 27.2 Å². The van der Waals surface area contributed by atoms with E-state index in [0.29, 0.717) is 23.6 Å². The molecule has 1 amide bonds. The number of hydrogen-bond donors (Lipinski definition) is 2. The van der Waals surface area contributed by atoms with E-state index in [1.54, 1.807) is 41.7 Å². The molecular formula is C24H25N3O4S2. The van der Waals surface area contributed by atoms with E-state index in [9.17, 15) is 13.2 Å². The maximum atomic E-state index is 12.3. The Morgan fingerprint density at radius 1 is 1.21 bits per heavy atom. The highest BCUT2D eigenvalue weighted by atomic mass is 32.2. The predicted molar refractivity (Wildman–Crippen MR) is 133 cm³/mol. The molecule has 1 aromatic heterocycles. The standard InChI is InChI=1S/C24H25N3O4S2/c1-3-13-25-33(29,30)17-20-7-10-21(11-8-20)27-24(28)12-9-19-5-4-6-23(14-19)31-15-22-16-32-18(2)26-22/h3-12,14,16,25H,1,13,15,17H2,2H3,(H,27,28)/b12-9+. The number of hydrogen-bond acceptors (Lipinski definition) is 6. The van der Waals surface area contributed by atoms with Crippen LogP contribution in [0.25, 0.3) is 6.08 Å². The summed E-state index contributed by atoms with van der Waals surface area (Å²) in [5.74, 6) is 0.249. The van der Waals surface area contributed by atoms with Gasteiger partial charge >= 0.3 is 0 Å². The Kier molecular flexibility index (Phi) is 8.53. The van der Waals surface area contributed by atoms with Crippen LogP contribution < -0.4 is 14.8 Å². The molecule has 1 heterocycles. The number of aromatic nitrogens is 1. The van der Waals surface area contributed by atoms with Gasteiger partial charge in [-0.25, -0.2) is 18.1 Å². The Balaban J connectivity index is 1.52. The van der Waals surface area contributed by atoms with Gasteiger partial charge in [0.1, 0.15) is 12.4 Å². The lowest BCUT2D eigenvalue weighted by Crippen LogP contribution is -2.25. The van der Waals surface area contributed by atoms with E-state index in [0.717, 1.165) is 16.3 Å². The van der Waals surface area contributed by atoms with Gasteiger partial charge in [0.15, 0.2) is 0 Å². The van der Waals surface area contributed by atoms with Gasteiger partial charge in [-0.2, -0.15) is 0 Å². The first-order chi connectivity index (χ1) is 15.8. The highest BCUT2D eigenvalue weighted by Gasteiger charge is 2.10. The second kappa shape index (κ2) is 11.6. The van der Waals surface area contributed by atoms with Crippen LogP contribution in [0.15, 0.2) is 72.6 Å². The van der Waals surface area contributed by atoms with Crippen molar-refractivity contribution >= 4 is 39.0 Å². The van der Waals surface area contributed by atoms with E-state index in [-0.39, 0.29) is 18.2 Å². The van der Waals surface area contributed by atoms with E-state index in [4.69, 9.17) is 4.74 Å². The molecular weight excluding hydrogens is 458 g/mol. The van der Waals surface area contributed by atoms with Crippen molar-refractivity contribution in [2.45, 2.75) is 19.3 Å². The Hall–Kier alpha value is -3.27. The van der Waals surface area contributed by atoms with Gasteiger partial charge in [0.2, 0.25) is 15.9 Å². The molecule has 0 fully saturated rings. The smallest absolute Gasteiger partial charge is 0.248 e. The first-order valence-corrected chi connectivity index (χ1v) is 12.7. The first-order valence-electron chi connectivity index (χ1n) is 10.1. The second-order valence-corrected chi connectivity index (χ2v) is 10.0. The van der Waals surface area contributed by atoms with Crippen molar-refractivity contribution < 1.29 is 17.9 Å². The van der Waals surface area contributed by atoms with Crippen LogP contribution in [0, 0.1) is 6.92 Å². The Bertz CT molecular complexity index is 1230. The van der Waals surface area contributed by atoms with Crippen LogP contribution in [0.4, 0.5) is 5.69 Å². The molecule has 0 unspecified atom stereocenters. The summed E-state index contributed by atoms with van der Waals surface area (Å²) < 4.78 is 32.1. The van der Waals surface area contributed by atoms with Gasteiger partial charge in [-0.15, -0.1) is 17.9 Å². The molecule has 2 aromatic carbocycles. The van der Waals surface area contributed by atoms with E-state index in [1.807, 2.05) is 36.6 Å². The van der Waals surface area contributed by atoms with Crippen LogP contribution in [0.1, 0.15) is 21.8 Å². The summed E-state index contributed by atoms with van der Waals surface area (Å²) in [6.07, 6.45) is 4.61. The number of nitrogens with one attached hydrogen (secondary N) is 2. The number of amides is 1. The lowest BCUT2D eigenvalue weighted by molar-refractivity contribution is -0.111. The van der Waals surface area contributed by atoms with Crippen LogP contribution in [0.2, 0.25) is 0 Å². The molecule has 0 atom stereocenters. The fraction of sp³-hybridized carbons (Fsp3) is 0.167. The summed E-state index contributed by atoms with van der Waals surface area (Å²) in [6, 6.07) is 14.1. The molecule has 0 aliphatic heterocycles. The van der Waals surface area contributed by atoms with Crippen molar-refractivity contribution in [3.8, 4) is 5.75 Å². The fourth-order valence-corrected chi connectivity index (χ4v) is 4.54. The van der Waals surface area contributed by atoms with Gasteiger partial charge in [0, 0.05) is 23.7 Å². The molecule has 172 valence electrons. The Morgan fingerprint density at radius 2 is 2.00 bits per heavy atom. The number of carbonyl (C=O) groups is 1. The lowest BCUT2D eigenvalue weighted by atomic mass is 10.2. The van der Waals surface area contributed by atoms with Gasteiger partial charge in [-0.05, 0) is 48.4 Å². The first kappa shape index (κ1) is 24.4. The molecule has 0 spiro atoms. The van der Waals surface area contributed by atoms with Gasteiger partial charge in [0.05, 0.1) is 16.5 Å². The molecule has 0 aliphatic carbocycles. The van der Waals surface area contributed by atoms with Gasteiger partial charge < -0.3 is 10.1 Å². The largest absolute Gasteiger partial charge is 0.487 e. The molecule has 0 radical (unpaired) electrons. The number of sulfonamides is 1. The minimum absolute atomic E-state index is 0.143. The molecule has 0 aliphatic rings. The number of nitrogens with zero attached hydrogens (tertiary/aromatic N) is 1. The van der Waals surface area contributed by atoms with E-state index in [1.165, 1.54) is 12.2 Å². The van der Waals surface area contributed by atoms with Gasteiger partial charge in [-0.1, -0.05) is 30.3 Å². The number of anilines is 1. The zero-order valence-electron chi connectivity index (χ0n) is 18.2. The molecule has 0 bridgehead atoms. The van der Waals surface area contributed by atoms with E-state index >= 15 is 0 Å². The quantitative estimate of drug-likeness (QED) is 0.313. The van der Waals surface area contributed by atoms with Gasteiger partial charge in [-0.3, -0.25) is 4.79 Å². The molecule has 3 rings (SSSR count). The molecule has 33 heavy (non-hydrogen) atoms. The number of rotatable bonds is 11. The molecule has 3 aromatic rings. The third-order valence-electron chi connectivity index (χ3n) is 4.36. The van der Waals surface area contributed by atoms with Crippen molar-refractivity contribution in [2.24, 2.45) is 0 Å². The van der Waals surface area contributed by atoms with Crippen molar-refractivity contribution in [1.29, 1.82) is 0 Å². The number of ether oxygens (including phenoxy) is 1. The summed E-state index contributed by atoms with van der Waals surface area (Å²) in [4.78, 5) is 16.6. The third-order valence-corrected chi connectivity index (χ3v) is 6.51. The molecule has 2 N–H and O–H groups in total. The normalized spacial score (nSPS) is 11.4. The van der Waals surface area contributed by atoms with Gasteiger partial charge in [0.25, 0.3) is 0 Å². The topological polar surface area (TPSA) is 97.4 Å². The average molecular weight is 484 g/mol. The summed E-state index contributed by atoms with van der Waals surface area (Å²) in [5, 5.41) is 5.72. The van der Waals surface area contributed by atoms with Crippen molar-refractivity contribution in [2.75, 3.05) is 11.9 Å². The zero-order chi connectivity index (χ0) is 23.7. The van der Waals surface area contributed by atoms with E-state index in [2.05, 4.69) is 21.6 Å². The molecule has 0 saturated carbocycles. The van der Waals surface area contributed by atoms with Crippen LogP contribution in [-0.4, -0.2) is 25.9 Å². The Morgan fingerprint density at radius 3 is 2.70 bits per heavy atom. The van der Waals surface area contributed by atoms with Crippen LogP contribution in [0.3, 0.4) is 0 Å². The van der Waals surface area contributed by atoms with Crippen LogP contribution >= 0.6 is 11.3 Å².